The van der Waals surface area contributed by atoms with Crippen molar-refractivity contribution >= 4 is 17.4 Å². The van der Waals surface area contributed by atoms with E-state index in [4.69, 9.17) is 5.73 Å². The second-order valence-electron chi connectivity index (χ2n) is 3.97. The van der Waals surface area contributed by atoms with Gasteiger partial charge < -0.3 is 10.6 Å². The number of anilines is 1. The lowest BCUT2D eigenvalue weighted by Gasteiger charge is -2.23. The maximum Gasteiger partial charge on any atom is 0.0445 e. The fourth-order valence-electron chi connectivity index (χ4n) is 1.78. The fourth-order valence-corrected chi connectivity index (χ4v) is 2.23. The Kier molecular flexibility index (Phi) is 5.09. The van der Waals surface area contributed by atoms with E-state index in [1.807, 2.05) is 25.6 Å². The summed E-state index contributed by atoms with van der Waals surface area (Å²) in [6, 6.07) is 2.12. The standard InChI is InChI=1S/C12H21N3S/c1-9-7-12(15(3)5-6-16-4)11(8-13)10(2)14-9/h7H,5-6,8,13H2,1-4H3. The molecule has 0 unspecified atom stereocenters. The summed E-state index contributed by atoms with van der Waals surface area (Å²) in [6.07, 6.45) is 2.13. The average Bonchev–Trinajstić information content (AvgIpc) is 2.24. The molecule has 0 amide bonds. The van der Waals surface area contributed by atoms with Crippen LogP contribution < -0.4 is 10.6 Å². The highest BCUT2D eigenvalue weighted by Crippen LogP contribution is 2.22. The molecule has 0 fully saturated rings. The number of hydrogen-bond acceptors (Lipinski definition) is 4. The molecule has 0 spiro atoms. The van der Waals surface area contributed by atoms with Crippen molar-refractivity contribution in [2.45, 2.75) is 20.4 Å². The largest absolute Gasteiger partial charge is 0.373 e. The van der Waals surface area contributed by atoms with Crippen molar-refractivity contribution < 1.29 is 0 Å². The summed E-state index contributed by atoms with van der Waals surface area (Å²) in [4.78, 5) is 6.72. The Bertz CT molecular complexity index is 352. The fraction of sp³-hybridized carbons (Fsp3) is 0.583. The predicted molar refractivity (Wildman–Crippen MR) is 73.3 cm³/mol. The Morgan fingerprint density at radius 2 is 2.12 bits per heavy atom. The van der Waals surface area contributed by atoms with Gasteiger partial charge in [0.15, 0.2) is 0 Å². The zero-order valence-corrected chi connectivity index (χ0v) is 11.4. The molecule has 1 aromatic heterocycles. The molecule has 0 bridgehead atoms. The van der Waals surface area contributed by atoms with Crippen LogP contribution in [0, 0.1) is 13.8 Å². The minimum absolute atomic E-state index is 0.554. The maximum absolute atomic E-state index is 5.80. The van der Waals surface area contributed by atoms with Crippen molar-refractivity contribution in [3.63, 3.8) is 0 Å². The molecule has 0 saturated heterocycles. The van der Waals surface area contributed by atoms with Gasteiger partial charge in [-0.15, -0.1) is 0 Å². The summed E-state index contributed by atoms with van der Waals surface area (Å²) in [5.74, 6) is 1.13. The first-order valence-corrected chi connectivity index (χ1v) is 6.86. The van der Waals surface area contributed by atoms with Gasteiger partial charge in [0, 0.05) is 48.5 Å². The molecule has 3 nitrogen and oxygen atoms in total. The Hall–Kier alpha value is -0.740. The lowest BCUT2D eigenvalue weighted by molar-refractivity contribution is 0.918. The highest BCUT2D eigenvalue weighted by atomic mass is 32.2. The average molecular weight is 239 g/mol. The number of pyridine rings is 1. The van der Waals surface area contributed by atoms with E-state index in [2.05, 4.69) is 29.3 Å². The zero-order valence-electron chi connectivity index (χ0n) is 10.6. The van der Waals surface area contributed by atoms with Crippen molar-refractivity contribution in [2.24, 2.45) is 5.73 Å². The molecule has 4 heteroatoms. The van der Waals surface area contributed by atoms with Crippen molar-refractivity contribution in [3.05, 3.63) is 23.0 Å². The molecular weight excluding hydrogens is 218 g/mol. The van der Waals surface area contributed by atoms with Crippen LogP contribution in [0.3, 0.4) is 0 Å². The third-order valence-electron chi connectivity index (χ3n) is 2.68. The zero-order chi connectivity index (χ0) is 12.1. The van der Waals surface area contributed by atoms with Gasteiger partial charge >= 0.3 is 0 Å². The first-order valence-electron chi connectivity index (χ1n) is 5.47. The van der Waals surface area contributed by atoms with Crippen molar-refractivity contribution in [1.29, 1.82) is 0 Å². The highest BCUT2D eigenvalue weighted by Gasteiger charge is 2.10. The van der Waals surface area contributed by atoms with Crippen LogP contribution in [-0.2, 0) is 6.54 Å². The number of nitrogens with two attached hydrogens (primary N) is 1. The maximum atomic E-state index is 5.80. The number of aromatic nitrogens is 1. The van der Waals surface area contributed by atoms with Gasteiger partial charge in [-0.25, -0.2) is 0 Å². The van der Waals surface area contributed by atoms with Gasteiger partial charge in [0.05, 0.1) is 0 Å². The van der Waals surface area contributed by atoms with Crippen LogP contribution >= 0.6 is 11.8 Å². The summed E-state index contributed by atoms with van der Waals surface area (Å²) < 4.78 is 0. The van der Waals surface area contributed by atoms with Crippen molar-refractivity contribution in [3.8, 4) is 0 Å². The lowest BCUT2D eigenvalue weighted by Crippen LogP contribution is -2.23. The molecule has 1 heterocycles. The second-order valence-corrected chi connectivity index (χ2v) is 4.95. The molecule has 2 N–H and O–H groups in total. The molecule has 0 saturated carbocycles. The minimum atomic E-state index is 0.554. The number of aryl methyl sites for hydroxylation is 2. The molecule has 0 aliphatic rings. The summed E-state index contributed by atoms with van der Waals surface area (Å²) >= 11 is 1.86. The van der Waals surface area contributed by atoms with Gasteiger partial charge in [-0.1, -0.05) is 0 Å². The van der Waals surface area contributed by atoms with Crippen LogP contribution in [0.1, 0.15) is 17.0 Å². The number of thioether (sulfide) groups is 1. The summed E-state index contributed by atoms with van der Waals surface area (Å²) in [5.41, 5.74) is 10.3. The Morgan fingerprint density at radius 1 is 1.44 bits per heavy atom. The molecule has 0 aliphatic carbocycles. The lowest BCUT2D eigenvalue weighted by atomic mass is 10.1. The van der Waals surface area contributed by atoms with Crippen LogP contribution in [-0.4, -0.2) is 30.6 Å². The van der Waals surface area contributed by atoms with Crippen LogP contribution in [0.4, 0.5) is 5.69 Å². The van der Waals surface area contributed by atoms with Crippen LogP contribution in [0.15, 0.2) is 6.07 Å². The van der Waals surface area contributed by atoms with Gasteiger partial charge in [0.2, 0.25) is 0 Å². The first-order chi connectivity index (χ1) is 7.60. The van der Waals surface area contributed by atoms with Gasteiger partial charge in [-0.3, -0.25) is 4.98 Å². The van der Waals surface area contributed by atoms with Crippen molar-refractivity contribution in [2.75, 3.05) is 30.5 Å². The molecule has 0 radical (unpaired) electrons. The van der Waals surface area contributed by atoms with E-state index in [0.29, 0.717) is 6.54 Å². The van der Waals surface area contributed by atoms with E-state index >= 15 is 0 Å². The quantitative estimate of drug-likeness (QED) is 0.853. The van der Waals surface area contributed by atoms with Gasteiger partial charge in [-0.05, 0) is 26.2 Å². The number of nitrogens with zero attached hydrogens (tertiary/aromatic N) is 2. The van der Waals surface area contributed by atoms with Crippen LogP contribution in [0.5, 0.6) is 0 Å². The first kappa shape index (κ1) is 13.3. The molecule has 16 heavy (non-hydrogen) atoms. The smallest absolute Gasteiger partial charge is 0.0445 e. The van der Waals surface area contributed by atoms with E-state index < -0.39 is 0 Å². The minimum Gasteiger partial charge on any atom is -0.373 e. The van der Waals surface area contributed by atoms with E-state index in [9.17, 15) is 0 Å². The predicted octanol–water partition coefficient (Wildman–Crippen LogP) is 1.96. The highest BCUT2D eigenvalue weighted by molar-refractivity contribution is 7.98. The molecular formula is C12H21N3S. The van der Waals surface area contributed by atoms with Gasteiger partial charge in [-0.2, -0.15) is 11.8 Å². The summed E-state index contributed by atoms with van der Waals surface area (Å²) in [5, 5.41) is 0. The van der Waals surface area contributed by atoms with E-state index in [1.165, 1.54) is 5.69 Å². The molecule has 90 valence electrons. The monoisotopic (exact) mass is 239 g/mol. The third-order valence-corrected chi connectivity index (χ3v) is 3.27. The number of rotatable bonds is 5. The molecule has 0 aliphatic heterocycles. The van der Waals surface area contributed by atoms with Crippen LogP contribution in [0.2, 0.25) is 0 Å². The van der Waals surface area contributed by atoms with Gasteiger partial charge in [0.1, 0.15) is 0 Å². The summed E-state index contributed by atoms with van der Waals surface area (Å²) in [7, 11) is 2.11. The third kappa shape index (κ3) is 3.12. The molecule has 0 aromatic carbocycles. The Labute approximate surface area is 102 Å². The van der Waals surface area contributed by atoms with E-state index in [0.717, 1.165) is 29.2 Å². The summed E-state index contributed by atoms with van der Waals surface area (Å²) in [6.45, 7) is 5.65. The molecule has 1 rings (SSSR count). The second kappa shape index (κ2) is 6.11. The topological polar surface area (TPSA) is 42.2 Å². The van der Waals surface area contributed by atoms with Crippen molar-refractivity contribution in [1.82, 2.24) is 4.98 Å². The normalized spacial score (nSPS) is 10.6. The Balaban J connectivity index is 3.00. The van der Waals surface area contributed by atoms with E-state index in [1.54, 1.807) is 0 Å². The molecule has 0 atom stereocenters. The van der Waals surface area contributed by atoms with E-state index in [-0.39, 0.29) is 0 Å². The molecule has 1 aromatic rings. The number of hydrogen-bond donors (Lipinski definition) is 1. The Morgan fingerprint density at radius 3 is 2.69 bits per heavy atom. The van der Waals surface area contributed by atoms with Gasteiger partial charge in [0.25, 0.3) is 0 Å². The SMILES string of the molecule is CSCCN(C)c1cc(C)nc(C)c1CN. The van der Waals surface area contributed by atoms with Crippen LogP contribution in [0.25, 0.3) is 0 Å².